The maximum absolute atomic E-state index is 3.87. The maximum atomic E-state index is 3.87. The Kier molecular flexibility index (Phi) is 1.53. The van der Waals surface area contributed by atoms with Crippen LogP contribution in [0.4, 0.5) is 0 Å². The molecule has 0 amide bonds. The normalized spacial score (nSPS) is 18.3. The highest BCUT2D eigenvalue weighted by Gasteiger charge is 2.36. The third-order valence-corrected chi connectivity index (χ3v) is 2.19. The van der Waals surface area contributed by atoms with Gasteiger partial charge in [0, 0.05) is 6.42 Å². The third-order valence-electron chi connectivity index (χ3n) is 1.59. The number of alkyl halides is 1. The molecule has 0 saturated heterocycles. The van der Waals surface area contributed by atoms with Gasteiger partial charge in [0.15, 0.2) is 0 Å². The molecule has 11 heavy (non-hydrogen) atoms. The minimum absolute atomic E-state index is 0.283. The summed E-state index contributed by atoms with van der Waals surface area (Å²) in [4.78, 5) is 0. The number of benzene rings is 1. The quantitative estimate of drug-likeness (QED) is 0.530. The number of halogens is 1. The molecule has 1 aliphatic rings. The minimum Gasteiger partial charge on any atom is -0.146 e. The van der Waals surface area contributed by atoms with Crippen molar-refractivity contribution in [2.45, 2.75) is 11.0 Å². The van der Waals surface area contributed by atoms with Gasteiger partial charge in [0.1, 0.15) is 0 Å². The zero-order valence-electron chi connectivity index (χ0n) is 5.87. The molecule has 0 bridgehead atoms. The highest BCUT2D eigenvalue weighted by Crippen LogP contribution is 2.38. The molecule has 0 unspecified atom stereocenters. The Morgan fingerprint density at radius 3 is 2.36 bits per heavy atom. The van der Waals surface area contributed by atoms with Crippen LogP contribution in [0.1, 0.15) is 5.56 Å². The van der Waals surface area contributed by atoms with Gasteiger partial charge in [-0.25, -0.2) is 0 Å². The molecular weight excluding hydrogens is 204 g/mol. The van der Waals surface area contributed by atoms with Gasteiger partial charge in [0.25, 0.3) is 0 Å². The minimum atomic E-state index is -0.283. The Bertz CT molecular complexity index is 275. The topological polar surface area (TPSA) is 24.7 Å². The second-order valence-corrected chi connectivity index (χ2v) is 3.85. The van der Waals surface area contributed by atoms with Crippen LogP contribution in [-0.2, 0) is 6.42 Å². The van der Waals surface area contributed by atoms with Crippen LogP contribution in [0.15, 0.2) is 40.6 Å². The maximum Gasteiger partial charge on any atom is 0.248 e. The SMILES string of the molecule is BrC1(Cc2ccccc2)N=N1. The van der Waals surface area contributed by atoms with Gasteiger partial charge in [0.05, 0.1) is 0 Å². The first-order valence-corrected chi connectivity index (χ1v) is 4.25. The van der Waals surface area contributed by atoms with Gasteiger partial charge < -0.3 is 0 Å². The van der Waals surface area contributed by atoms with Gasteiger partial charge in [-0.1, -0.05) is 30.3 Å². The van der Waals surface area contributed by atoms with Gasteiger partial charge in [-0.15, -0.1) is 10.2 Å². The van der Waals surface area contributed by atoms with Crippen LogP contribution in [-0.4, -0.2) is 4.57 Å². The fourth-order valence-corrected chi connectivity index (χ4v) is 1.38. The molecule has 0 aliphatic carbocycles. The van der Waals surface area contributed by atoms with Crippen molar-refractivity contribution in [1.29, 1.82) is 0 Å². The van der Waals surface area contributed by atoms with Crippen LogP contribution in [0.5, 0.6) is 0 Å². The lowest BCUT2D eigenvalue weighted by atomic mass is 10.1. The summed E-state index contributed by atoms with van der Waals surface area (Å²) in [5.41, 5.74) is 1.26. The molecule has 0 fully saturated rings. The van der Waals surface area contributed by atoms with Gasteiger partial charge >= 0.3 is 0 Å². The van der Waals surface area contributed by atoms with E-state index < -0.39 is 0 Å². The van der Waals surface area contributed by atoms with Crippen molar-refractivity contribution >= 4 is 15.9 Å². The van der Waals surface area contributed by atoms with E-state index in [1.807, 2.05) is 18.2 Å². The zero-order valence-corrected chi connectivity index (χ0v) is 7.45. The molecular formula is C8H7BrN2. The summed E-state index contributed by atoms with van der Waals surface area (Å²) < 4.78 is -0.283. The van der Waals surface area contributed by atoms with E-state index in [-0.39, 0.29) is 4.57 Å². The van der Waals surface area contributed by atoms with E-state index in [0.29, 0.717) is 0 Å². The number of rotatable bonds is 2. The summed E-state index contributed by atoms with van der Waals surface area (Å²) >= 11 is 3.39. The van der Waals surface area contributed by atoms with E-state index in [1.165, 1.54) is 5.56 Å². The van der Waals surface area contributed by atoms with Gasteiger partial charge in [-0.2, -0.15) is 0 Å². The summed E-state index contributed by atoms with van der Waals surface area (Å²) in [5, 5.41) is 7.74. The summed E-state index contributed by atoms with van der Waals surface area (Å²) in [6.45, 7) is 0. The predicted octanol–water partition coefficient (Wildman–Crippen LogP) is 2.74. The number of hydrogen-bond donors (Lipinski definition) is 0. The average molecular weight is 211 g/mol. The molecule has 0 N–H and O–H groups in total. The monoisotopic (exact) mass is 210 g/mol. The Balaban J connectivity index is 2.08. The first-order chi connectivity index (χ1) is 5.29. The van der Waals surface area contributed by atoms with E-state index in [4.69, 9.17) is 0 Å². The van der Waals surface area contributed by atoms with Crippen LogP contribution < -0.4 is 0 Å². The fourth-order valence-electron chi connectivity index (χ4n) is 0.981. The molecule has 1 aromatic carbocycles. The molecule has 0 aromatic heterocycles. The lowest BCUT2D eigenvalue weighted by molar-refractivity contribution is 0.856. The van der Waals surface area contributed by atoms with E-state index in [0.717, 1.165) is 6.42 Å². The lowest BCUT2D eigenvalue weighted by Crippen LogP contribution is -2.03. The average Bonchev–Trinajstić information content (AvgIpc) is 2.70. The first kappa shape index (κ1) is 6.98. The van der Waals surface area contributed by atoms with Gasteiger partial charge in [-0.05, 0) is 21.5 Å². The second-order valence-electron chi connectivity index (χ2n) is 2.58. The Morgan fingerprint density at radius 1 is 1.18 bits per heavy atom. The molecule has 0 atom stereocenters. The standard InChI is InChI=1S/C8H7BrN2/c9-8(10-11-8)6-7-4-2-1-3-5-7/h1-5H,6H2. The van der Waals surface area contributed by atoms with Crippen molar-refractivity contribution in [2.75, 3.05) is 0 Å². The second kappa shape index (κ2) is 2.41. The van der Waals surface area contributed by atoms with Crippen LogP contribution in [0, 0.1) is 0 Å². The summed E-state index contributed by atoms with van der Waals surface area (Å²) in [5.74, 6) is 0. The van der Waals surface area contributed by atoms with Crippen molar-refractivity contribution in [3.8, 4) is 0 Å². The Labute approximate surface area is 73.5 Å². The molecule has 0 spiro atoms. The summed E-state index contributed by atoms with van der Waals surface area (Å²) in [6, 6.07) is 10.2. The van der Waals surface area contributed by atoms with Crippen molar-refractivity contribution in [2.24, 2.45) is 10.2 Å². The summed E-state index contributed by atoms with van der Waals surface area (Å²) in [6.07, 6.45) is 0.855. The molecule has 1 heterocycles. The molecule has 0 radical (unpaired) electrons. The van der Waals surface area contributed by atoms with Crippen molar-refractivity contribution in [3.63, 3.8) is 0 Å². The van der Waals surface area contributed by atoms with E-state index in [2.05, 4.69) is 38.3 Å². The van der Waals surface area contributed by atoms with Crippen molar-refractivity contribution < 1.29 is 0 Å². The number of hydrogen-bond acceptors (Lipinski definition) is 2. The third kappa shape index (κ3) is 1.66. The predicted molar refractivity (Wildman–Crippen MR) is 46.7 cm³/mol. The van der Waals surface area contributed by atoms with Gasteiger partial charge in [-0.3, -0.25) is 0 Å². The molecule has 0 saturated carbocycles. The molecule has 56 valence electrons. The smallest absolute Gasteiger partial charge is 0.146 e. The highest BCUT2D eigenvalue weighted by atomic mass is 79.9. The van der Waals surface area contributed by atoms with Crippen LogP contribution in [0.2, 0.25) is 0 Å². The molecule has 2 rings (SSSR count). The lowest BCUT2D eigenvalue weighted by Gasteiger charge is -2.00. The van der Waals surface area contributed by atoms with Crippen LogP contribution >= 0.6 is 15.9 Å². The van der Waals surface area contributed by atoms with Crippen molar-refractivity contribution in [1.82, 2.24) is 0 Å². The summed E-state index contributed by atoms with van der Waals surface area (Å²) in [7, 11) is 0. The van der Waals surface area contributed by atoms with Crippen molar-refractivity contribution in [3.05, 3.63) is 35.9 Å². The molecule has 1 aliphatic heterocycles. The fraction of sp³-hybridized carbons (Fsp3) is 0.250. The molecule has 2 nitrogen and oxygen atoms in total. The molecule has 3 heteroatoms. The van der Waals surface area contributed by atoms with E-state index in [1.54, 1.807) is 0 Å². The number of nitrogens with zero attached hydrogens (tertiary/aromatic N) is 2. The largest absolute Gasteiger partial charge is 0.248 e. The first-order valence-electron chi connectivity index (χ1n) is 3.45. The van der Waals surface area contributed by atoms with Crippen LogP contribution in [0.25, 0.3) is 0 Å². The highest BCUT2D eigenvalue weighted by molar-refractivity contribution is 9.10. The Hall–Kier alpha value is -0.700. The van der Waals surface area contributed by atoms with Gasteiger partial charge in [0.2, 0.25) is 4.57 Å². The van der Waals surface area contributed by atoms with Crippen LogP contribution in [0.3, 0.4) is 0 Å². The molecule has 1 aromatic rings. The van der Waals surface area contributed by atoms with E-state index in [9.17, 15) is 0 Å². The zero-order chi connectivity index (χ0) is 7.73. The van der Waals surface area contributed by atoms with E-state index >= 15 is 0 Å². The Morgan fingerprint density at radius 2 is 1.82 bits per heavy atom.